The Morgan fingerprint density at radius 2 is 1.76 bits per heavy atom. The number of benzene rings is 1. The second-order valence-corrected chi connectivity index (χ2v) is 8.09. The quantitative estimate of drug-likeness (QED) is 0.218. The van der Waals surface area contributed by atoms with Gasteiger partial charge in [0.25, 0.3) is 0 Å². The number of aliphatic carboxylic acids is 2. The van der Waals surface area contributed by atoms with Crippen LogP contribution in [0, 0.1) is 0 Å². The molecule has 3 amide bonds. The average molecular weight is 481 g/mol. The van der Waals surface area contributed by atoms with Crippen molar-refractivity contribution in [1.29, 1.82) is 0 Å². The fourth-order valence-electron chi connectivity index (χ4n) is 3.56. The fourth-order valence-corrected chi connectivity index (χ4v) is 3.72. The molecule has 11 nitrogen and oxygen atoms in total. The fraction of sp³-hybridized carbons (Fsp3) is 0.476. The van der Waals surface area contributed by atoms with E-state index < -0.39 is 60.2 Å². The van der Waals surface area contributed by atoms with Gasteiger partial charge in [-0.1, -0.05) is 30.3 Å². The zero-order valence-electron chi connectivity index (χ0n) is 17.8. The summed E-state index contributed by atoms with van der Waals surface area (Å²) in [4.78, 5) is 62.1. The van der Waals surface area contributed by atoms with E-state index in [0.29, 0.717) is 12.0 Å². The van der Waals surface area contributed by atoms with Crippen molar-refractivity contribution in [2.24, 2.45) is 5.73 Å². The third-order valence-electron chi connectivity index (χ3n) is 5.26. The Labute approximate surface area is 196 Å². The molecule has 1 fully saturated rings. The minimum absolute atomic E-state index is 0.00739. The molecule has 1 aromatic carbocycles. The molecule has 4 atom stereocenters. The highest BCUT2D eigenvalue weighted by atomic mass is 32.1. The molecule has 0 aliphatic carbocycles. The van der Waals surface area contributed by atoms with Crippen molar-refractivity contribution in [1.82, 2.24) is 15.5 Å². The first kappa shape index (κ1) is 26.1. The van der Waals surface area contributed by atoms with Crippen LogP contribution in [0.3, 0.4) is 0 Å². The van der Waals surface area contributed by atoms with E-state index in [-0.39, 0.29) is 25.1 Å². The molecule has 12 heteroatoms. The van der Waals surface area contributed by atoms with Crippen molar-refractivity contribution in [2.75, 3.05) is 12.3 Å². The Kier molecular flexibility index (Phi) is 9.67. The Bertz CT molecular complexity index is 883. The summed E-state index contributed by atoms with van der Waals surface area (Å²) < 4.78 is 0. The Hall–Kier alpha value is -3.12. The maximum absolute atomic E-state index is 13.0. The summed E-state index contributed by atoms with van der Waals surface area (Å²) in [7, 11) is 0. The van der Waals surface area contributed by atoms with Crippen molar-refractivity contribution in [2.45, 2.75) is 49.9 Å². The average Bonchev–Trinajstić information content (AvgIpc) is 3.27. The molecule has 6 N–H and O–H groups in total. The zero-order valence-corrected chi connectivity index (χ0v) is 18.7. The Morgan fingerprint density at radius 3 is 2.33 bits per heavy atom. The number of carboxylic acids is 2. The summed E-state index contributed by atoms with van der Waals surface area (Å²) in [6.07, 6.45) is 0.103. The van der Waals surface area contributed by atoms with Gasteiger partial charge in [-0.2, -0.15) is 12.6 Å². The van der Waals surface area contributed by atoms with E-state index in [1.165, 1.54) is 4.90 Å². The number of carboxylic acid groups (broad SMARTS) is 2. The van der Waals surface area contributed by atoms with Crippen LogP contribution in [0.25, 0.3) is 0 Å². The molecular weight excluding hydrogens is 452 g/mol. The van der Waals surface area contributed by atoms with Gasteiger partial charge in [0.05, 0.1) is 12.5 Å². The van der Waals surface area contributed by atoms with Gasteiger partial charge in [0.15, 0.2) is 0 Å². The van der Waals surface area contributed by atoms with Gasteiger partial charge in [-0.3, -0.25) is 19.2 Å². The van der Waals surface area contributed by atoms with Crippen LogP contribution in [0.5, 0.6) is 0 Å². The number of nitrogens with one attached hydrogen (secondary N) is 2. The lowest BCUT2D eigenvalue weighted by atomic mass is 10.0. The lowest BCUT2D eigenvalue weighted by Gasteiger charge is -2.29. The molecule has 1 heterocycles. The molecule has 1 saturated heterocycles. The summed E-state index contributed by atoms with van der Waals surface area (Å²) >= 11 is 3.91. The van der Waals surface area contributed by atoms with E-state index in [1.807, 2.05) is 0 Å². The minimum atomic E-state index is -1.42. The normalized spacial score (nSPS) is 18.1. The predicted octanol–water partition coefficient (Wildman–Crippen LogP) is -0.994. The van der Waals surface area contributed by atoms with Crippen molar-refractivity contribution in [3.8, 4) is 0 Å². The maximum atomic E-state index is 13.0. The van der Waals surface area contributed by atoms with Gasteiger partial charge in [-0.15, -0.1) is 0 Å². The van der Waals surface area contributed by atoms with Crippen LogP contribution in [0.15, 0.2) is 30.3 Å². The highest BCUT2D eigenvalue weighted by molar-refractivity contribution is 7.80. The Morgan fingerprint density at radius 1 is 1.09 bits per heavy atom. The third kappa shape index (κ3) is 7.46. The number of likely N-dealkylation sites (tertiary alicyclic amines) is 1. The first-order chi connectivity index (χ1) is 15.6. The van der Waals surface area contributed by atoms with E-state index in [9.17, 15) is 29.1 Å². The zero-order chi connectivity index (χ0) is 24.5. The van der Waals surface area contributed by atoms with Gasteiger partial charge in [0.2, 0.25) is 17.7 Å². The standard InChI is InChI=1S/C21H28N4O7S/c22-13(11-33)18(28)23-14(10-17(26)27)20(30)25-8-4-7-16(25)19(29)24-15(21(31)32)9-12-5-2-1-3-6-12/h1-3,5-6,13-16,33H,4,7-11,22H2,(H,23,28)(H,24,29)(H,26,27)(H,31,32). The summed E-state index contributed by atoms with van der Waals surface area (Å²) in [6, 6.07) is 4.12. The third-order valence-corrected chi connectivity index (χ3v) is 5.66. The molecule has 0 saturated carbocycles. The first-order valence-corrected chi connectivity index (χ1v) is 11.0. The number of carbonyl (C=O) groups is 5. The molecule has 1 aliphatic heterocycles. The lowest BCUT2D eigenvalue weighted by Crippen LogP contribution is -2.57. The van der Waals surface area contributed by atoms with Crippen LogP contribution in [0.2, 0.25) is 0 Å². The number of rotatable bonds is 11. The number of nitrogens with two attached hydrogens (primary N) is 1. The number of hydrogen-bond donors (Lipinski definition) is 6. The van der Waals surface area contributed by atoms with Crippen molar-refractivity contribution in [3.05, 3.63) is 35.9 Å². The van der Waals surface area contributed by atoms with E-state index in [1.54, 1.807) is 30.3 Å². The van der Waals surface area contributed by atoms with Gasteiger partial charge in [0, 0.05) is 18.7 Å². The predicted molar refractivity (Wildman–Crippen MR) is 120 cm³/mol. The number of hydrogen-bond acceptors (Lipinski definition) is 7. The van der Waals surface area contributed by atoms with Crippen molar-refractivity contribution >= 4 is 42.3 Å². The number of thiol groups is 1. The van der Waals surface area contributed by atoms with Crippen molar-refractivity contribution < 1.29 is 34.2 Å². The van der Waals surface area contributed by atoms with E-state index in [2.05, 4.69) is 23.3 Å². The molecule has 180 valence electrons. The number of nitrogens with zero attached hydrogens (tertiary/aromatic N) is 1. The lowest BCUT2D eigenvalue weighted by molar-refractivity contribution is -0.147. The van der Waals surface area contributed by atoms with Crippen LogP contribution < -0.4 is 16.4 Å². The number of amides is 3. The van der Waals surface area contributed by atoms with Gasteiger partial charge in [-0.05, 0) is 18.4 Å². The molecule has 1 aliphatic rings. The number of carbonyl (C=O) groups excluding carboxylic acids is 3. The molecule has 33 heavy (non-hydrogen) atoms. The molecule has 0 spiro atoms. The summed E-state index contributed by atoms with van der Waals surface area (Å²) in [5.41, 5.74) is 6.31. The van der Waals surface area contributed by atoms with Crippen LogP contribution in [0.1, 0.15) is 24.8 Å². The Balaban J connectivity index is 2.13. The van der Waals surface area contributed by atoms with E-state index in [4.69, 9.17) is 10.8 Å². The monoisotopic (exact) mass is 480 g/mol. The van der Waals surface area contributed by atoms with Crippen LogP contribution in [-0.4, -0.2) is 81.2 Å². The highest BCUT2D eigenvalue weighted by Crippen LogP contribution is 2.20. The molecule has 2 rings (SSSR count). The molecule has 0 bridgehead atoms. The van der Waals surface area contributed by atoms with Gasteiger partial charge >= 0.3 is 11.9 Å². The van der Waals surface area contributed by atoms with Crippen LogP contribution >= 0.6 is 12.6 Å². The minimum Gasteiger partial charge on any atom is -0.481 e. The second-order valence-electron chi connectivity index (χ2n) is 7.73. The SMILES string of the molecule is NC(CS)C(=O)NC(CC(=O)O)C(=O)N1CCCC1C(=O)NC(Cc1ccccc1)C(=O)O. The van der Waals surface area contributed by atoms with Gasteiger partial charge < -0.3 is 31.5 Å². The summed E-state index contributed by atoms with van der Waals surface area (Å²) in [6.45, 7) is 0.165. The smallest absolute Gasteiger partial charge is 0.326 e. The van der Waals surface area contributed by atoms with Crippen LogP contribution in [-0.2, 0) is 30.4 Å². The molecule has 0 radical (unpaired) electrons. The topological polar surface area (TPSA) is 179 Å². The van der Waals surface area contributed by atoms with Crippen molar-refractivity contribution in [3.63, 3.8) is 0 Å². The molecular formula is C21H28N4O7S. The summed E-state index contributed by atoms with van der Waals surface area (Å²) in [5.74, 6) is -4.69. The molecule has 4 unspecified atom stereocenters. The second kappa shape index (κ2) is 12.2. The molecule has 0 aromatic heterocycles. The van der Waals surface area contributed by atoms with E-state index in [0.717, 1.165) is 0 Å². The maximum Gasteiger partial charge on any atom is 0.326 e. The van der Waals surface area contributed by atoms with E-state index >= 15 is 0 Å². The van der Waals surface area contributed by atoms with Crippen LogP contribution in [0.4, 0.5) is 0 Å². The first-order valence-electron chi connectivity index (χ1n) is 10.4. The summed E-state index contributed by atoms with van der Waals surface area (Å²) in [5, 5.41) is 23.5. The van der Waals surface area contributed by atoms with Gasteiger partial charge in [0.1, 0.15) is 18.1 Å². The highest BCUT2D eigenvalue weighted by Gasteiger charge is 2.39. The molecule has 1 aromatic rings. The largest absolute Gasteiger partial charge is 0.481 e. The van der Waals surface area contributed by atoms with Gasteiger partial charge in [-0.25, -0.2) is 4.79 Å².